The average Bonchev–Trinajstić information content (AvgIpc) is 2.85. The van der Waals surface area contributed by atoms with E-state index >= 15 is 0 Å². The summed E-state index contributed by atoms with van der Waals surface area (Å²) >= 11 is 0. The molecule has 2 rings (SSSR count). The van der Waals surface area contributed by atoms with Crippen molar-refractivity contribution in [1.82, 2.24) is 5.32 Å². The molecular weight excluding hydrogens is 236 g/mol. The second-order valence-corrected chi connectivity index (χ2v) is 5.72. The first-order chi connectivity index (χ1) is 9.20. The summed E-state index contributed by atoms with van der Waals surface area (Å²) in [5.41, 5.74) is 2.78. The van der Waals surface area contributed by atoms with Gasteiger partial charge in [-0.05, 0) is 18.1 Å². The summed E-state index contributed by atoms with van der Waals surface area (Å²) in [6.45, 7) is 8.46. The van der Waals surface area contributed by atoms with Gasteiger partial charge in [0.05, 0.1) is 6.61 Å². The van der Waals surface area contributed by atoms with Crippen molar-refractivity contribution in [2.75, 3.05) is 31.7 Å². The first-order valence-electron chi connectivity index (χ1n) is 7.26. The molecule has 0 aromatic heterocycles. The third kappa shape index (κ3) is 3.95. The average molecular weight is 262 g/mol. The summed E-state index contributed by atoms with van der Waals surface area (Å²) < 4.78 is 5.28. The van der Waals surface area contributed by atoms with E-state index in [1.165, 1.54) is 17.7 Å². The third-order valence-electron chi connectivity index (χ3n) is 3.72. The van der Waals surface area contributed by atoms with E-state index in [4.69, 9.17) is 4.74 Å². The van der Waals surface area contributed by atoms with E-state index < -0.39 is 0 Å². The van der Waals surface area contributed by atoms with Crippen LogP contribution in [0.4, 0.5) is 5.69 Å². The lowest BCUT2D eigenvalue weighted by Crippen LogP contribution is -2.26. The predicted octanol–water partition coefficient (Wildman–Crippen LogP) is 2.66. The molecule has 0 spiro atoms. The Bertz CT molecular complexity index is 392. The number of benzene rings is 1. The Hall–Kier alpha value is -1.06. The molecule has 1 N–H and O–H groups in total. The van der Waals surface area contributed by atoms with Crippen LogP contribution < -0.4 is 10.2 Å². The molecule has 1 atom stereocenters. The van der Waals surface area contributed by atoms with Crippen LogP contribution in [-0.4, -0.2) is 32.8 Å². The van der Waals surface area contributed by atoms with E-state index in [-0.39, 0.29) is 0 Å². The van der Waals surface area contributed by atoms with Gasteiger partial charge in [0.15, 0.2) is 0 Å². The highest BCUT2D eigenvalue weighted by Gasteiger charge is 2.23. The number of hydrogen-bond donors (Lipinski definition) is 1. The van der Waals surface area contributed by atoms with Crippen LogP contribution in [0.3, 0.4) is 0 Å². The van der Waals surface area contributed by atoms with Crippen molar-refractivity contribution in [2.45, 2.75) is 32.9 Å². The molecule has 1 unspecified atom stereocenters. The molecule has 0 saturated carbocycles. The molecule has 19 heavy (non-hydrogen) atoms. The monoisotopic (exact) mass is 262 g/mol. The Morgan fingerprint density at radius 2 is 2.16 bits per heavy atom. The van der Waals surface area contributed by atoms with E-state index in [1.807, 2.05) is 0 Å². The third-order valence-corrected chi connectivity index (χ3v) is 3.72. The van der Waals surface area contributed by atoms with Gasteiger partial charge >= 0.3 is 0 Å². The van der Waals surface area contributed by atoms with Crippen LogP contribution in [0.25, 0.3) is 0 Å². The van der Waals surface area contributed by atoms with Crippen LogP contribution in [0.5, 0.6) is 0 Å². The zero-order valence-electron chi connectivity index (χ0n) is 12.4. The van der Waals surface area contributed by atoms with E-state index in [2.05, 4.69) is 48.3 Å². The Balaban J connectivity index is 2.03. The highest BCUT2D eigenvalue weighted by molar-refractivity contribution is 5.54. The summed E-state index contributed by atoms with van der Waals surface area (Å²) in [5, 5.41) is 3.51. The van der Waals surface area contributed by atoms with Crippen molar-refractivity contribution in [3.8, 4) is 0 Å². The molecule has 106 valence electrons. The molecule has 1 aromatic carbocycles. The van der Waals surface area contributed by atoms with Crippen LogP contribution >= 0.6 is 0 Å². The van der Waals surface area contributed by atoms with Gasteiger partial charge in [-0.3, -0.25) is 0 Å². The SMILES string of the molecule is COCC1CCN(c2ccccc2CNC(C)C)C1. The maximum atomic E-state index is 5.28. The number of methoxy groups -OCH3 is 1. The first-order valence-corrected chi connectivity index (χ1v) is 7.26. The maximum Gasteiger partial charge on any atom is 0.0508 e. The minimum atomic E-state index is 0.521. The number of hydrogen-bond acceptors (Lipinski definition) is 3. The van der Waals surface area contributed by atoms with Crippen molar-refractivity contribution < 1.29 is 4.74 Å². The zero-order chi connectivity index (χ0) is 13.7. The van der Waals surface area contributed by atoms with Crippen LogP contribution in [0.15, 0.2) is 24.3 Å². The maximum absolute atomic E-state index is 5.28. The first kappa shape index (κ1) is 14.4. The summed E-state index contributed by atoms with van der Waals surface area (Å²) in [6.07, 6.45) is 1.24. The predicted molar refractivity (Wildman–Crippen MR) is 80.6 cm³/mol. The zero-order valence-corrected chi connectivity index (χ0v) is 12.4. The van der Waals surface area contributed by atoms with E-state index in [9.17, 15) is 0 Å². The van der Waals surface area contributed by atoms with Gasteiger partial charge in [-0.1, -0.05) is 32.0 Å². The van der Waals surface area contributed by atoms with Crippen molar-refractivity contribution in [1.29, 1.82) is 0 Å². The summed E-state index contributed by atoms with van der Waals surface area (Å²) in [7, 11) is 1.79. The molecule has 3 nitrogen and oxygen atoms in total. The molecule has 1 aliphatic heterocycles. The lowest BCUT2D eigenvalue weighted by Gasteiger charge is -2.23. The molecule has 1 saturated heterocycles. The van der Waals surface area contributed by atoms with Crippen molar-refractivity contribution in [2.24, 2.45) is 5.92 Å². The van der Waals surface area contributed by atoms with Gasteiger partial charge < -0.3 is 15.0 Å². The fraction of sp³-hybridized carbons (Fsp3) is 0.625. The second kappa shape index (κ2) is 6.92. The van der Waals surface area contributed by atoms with Crippen LogP contribution in [-0.2, 0) is 11.3 Å². The van der Waals surface area contributed by atoms with Crippen LogP contribution in [0.1, 0.15) is 25.8 Å². The van der Waals surface area contributed by atoms with Gasteiger partial charge in [-0.25, -0.2) is 0 Å². The molecule has 1 heterocycles. The fourth-order valence-electron chi connectivity index (χ4n) is 2.71. The largest absolute Gasteiger partial charge is 0.384 e. The minimum absolute atomic E-state index is 0.521. The summed E-state index contributed by atoms with van der Waals surface area (Å²) in [4.78, 5) is 2.50. The highest BCUT2D eigenvalue weighted by atomic mass is 16.5. The highest BCUT2D eigenvalue weighted by Crippen LogP contribution is 2.27. The summed E-state index contributed by atoms with van der Waals surface area (Å²) in [6, 6.07) is 9.26. The standard InChI is InChI=1S/C16H26N2O/c1-13(2)17-10-15-6-4-5-7-16(15)18-9-8-14(11-18)12-19-3/h4-7,13-14,17H,8-12H2,1-3H3. The lowest BCUT2D eigenvalue weighted by atomic mass is 10.1. The molecule has 0 bridgehead atoms. The molecule has 0 amide bonds. The Morgan fingerprint density at radius 1 is 1.37 bits per heavy atom. The quantitative estimate of drug-likeness (QED) is 0.853. The fourth-order valence-corrected chi connectivity index (χ4v) is 2.71. The Kier molecular flexibility index (Phi) is 5.23. The van der Waals surface area contributed by atoms with Crippen molar-refractivity contribution in [3.63, 3.8) is 0 Å². The van der Waals surface area contributed by atoms with Crippen molar-refractivity contribution in [3.05, 3.63) is 29.8 Å². The molecule has 1 fully saturated rings. The van der Waals surface area contributed by atoms with E-state index in [0.29, 0.717) is 12.0 Å². The smallest absolute Gasteiger partial charge is 0.0508 e. The summed E-state index contributed by atoms with van der Waals surface area (Å²) in [5.74, 6) is 0.677. The van der Waals surface area contributed by atoms with Crippen LogP contribution in [0, 0.1) is 5.92 Å². The normalized spacial score (nSPS) is 19.4. The second-order valence-electron chi connectivity index (χ2n) is 5.72. The molecular formula is C16H26N2O. The number of para-hydroxylation sites is 1. The number of ether oxygens (including phenoxy) is 1. The number of nitrogens with zero attached hydrogens (tertiary/aromatic N) is 1. The Morgan fingerprint density at radius 3 is 2.89 bits per heavy atom. The number of rotatable bonds is 6. The van der Waals surface area contributed by atoms with E-state index in [1.54, 1.807) is 7.11 Å². The number of nitrogens with one attached hydrogen (secondary N) is 1. The van der Waals surface area contributed by atoms with Gasteiger partial charge in [-0.15, -0.1) is 0 Å². The molecule has 0 aliphatic carbocycles. The van der Waals surface area contributed by atoms with Gasteiger partial charge in [0.1, 0.15) is 0 Å². The molecule has 3 heteroatoms. The van der Waals surface area contributed by atoms with E-state index in [0.717, 1.165) is 26.2 Å². The lowest BCUT2D eigenvalue weighted by molar-refractivity contribution is 0.161. The topological polar surface area (TPSA) is 24.5 Å². The minimum Gasteiger partial charge on any atom is -0.384 e. The molecule has 0 radical (unpaired) electrons. The molecule has 1 aromatic rings. The molecule has 1 aliphatic rings. The van der Waals surface area contributed by atoms with Gasteiger partial charge in [0, 0.05) is 44.4 Å². The number of anilines is 1. The van der Waals surface area contributed by atoms with Gasteiger partial charge in [-0.2, -0.15) is 0 Å². The van der Waals surface area contributed by atoms with Gasteiger partial charge in [0.2, 0.25) is 0 Å². The van der Waals surface area contributed by atoms with Gasteiger partial charge in [0.25, 0.3) is 0 Å². The van der Waals surface area contributed by atoms with Crippen LogP contribution in [0.2, 0.25) is 0 Å². The van der Waals surface area contributed by atoms with Crippen molar-refractivity contribution >= 4 is 5.69 Å². The Labute approximate surface area is 116 Å².